The highest BCUT2D eigenvalue weighted by atomic mass is 16.4. The first-order valence-corrected chi connectivity index (χ1v) is 16.8. The summed E-state index contributed by atoms with van der Waals surface area (Å²) in [4.78, 5) is 67.3. The molecule has 51 heavy (non-hydrogen) atoms. The van der Waals surface area contributed by atoms with Gasteiger partial charge in [-0.15, -0.1) is 0 Å². The lowest BCUT2D eigenvalue weighted by Gasteiger charge is -2.63. The molecule has 6 atom stereocenters. The number of rotatable bonds is 7. The molecular formula is C41H40O10. The summed E-state index contributed by atoms with van der Waals surface area (Å²) in [6, 6.07) is 17.9. The molecule has 3 aliphatic rings. The molecular weight excluding hydrogens is 652 g/mol. The summed E-state index contributed by atoms with van der Waals surface area (Å²) in [5.41, 5.74) is -6.50. The Morgan fingerprint density at radius 1 is 0.843 bits per heavy atom. The van der Waals surface area contributed by atoms with E-state index in [1.54, 1.807) is 57.2 Å². The van der Waals surface area contributed by atoms with Gasteiger partial charge < -0.3 is 25.5 Å². The van der Waals surface area contributed by atoms with Crippen LogP contribution in [0.1, 0.15) is 90.4 Å². The van der Waals surface area contributed by atoms with E-state index < -0.39 is 91.8 Å². The molecule has 3 aliphatic carbocycles. The number of hydrogen-bond acceptors (Lipinski definition) is 10. The molecule has 0 amide bonds. The number of aliphatic hydroxyl groups is 4. The van der Waals surface area contributed by atoms with E-state index in [0.717, 1.165) is 6.92 Å². The quantitative estimate of drug-likeness (QED) is 0.159. The van der Waals surface area contributed by atoms with Crippen LogP contribution in [0.25, 0.3) is 5.76 Å². The van der Waals surface area contributed by atoms with Crippen LogP contribution in [0.4, 0.5) is 0 Å². The first kappa shape index (κ1) is 35.6. The minimum atomic E-state index is -2.99. The van der Waals surface area contributed by atoms with Crippen molar-refractivity contribution in [2.75, 3.05) is 0 Å². The van der Waals surface area contributed by atoms with Crippen molar-refractivity contribution in [2.45, 2.75) is 65.6 Å². The maximum Gasteiger partial charge on any atom is 0.203 e. The smallest absolute Gasteiger partial charge is 0.203 e. The molecule has 0 saturated heterocycles. The van der Waals surface area contributed by atoms with Crippen molar-refractivity contribution in [1.82, 2.24) is 0 Å². The average molecular weight is 693 g/mol. The second-order valence-corrected chi connectivity index (χ2v) is 14.7. The van der Waals surface area contributed by atoms with Crippen molar-refractivity contribution in [1.29, 1.82) is 0 Å². The SMILES string of the molecule is CC(=O)C1=C(O)[C@]2(O)C(=O)C3=C(O)c4c(ccc(CC(=O)c5ccc(C(=O)c6ccccc6)cc5)c4O)[C@@H](C)[C@]3(C)[C@@H](O)[C@]2(C)C(C(C)C)C1=O. The molecule has 3 aromatic rings. The van der Waals surface area contributed by atoms with E-state index in [1.165, 1.54) is 44.2 Å². The summed E-state index contributed by atoms with van der Waals surface area (Å²) in [5, 5.41) is 59.5. The largest absolute Gasteiger partial charge is 0.508 e. The number of carbonyl (C=O) groups excluding carboxylic acids is 5. The standard InChI is InChI=1S/C41H40O10/c1-19(2)30-34(46)28(21(4)42)36(48)41(51)37(49)31-35(47)29-26(20(3)39(31,5)38(50)40(30,41)6)17-16-25(33(29)45)18-27(43)22-12-14-24(15-13-22)32(44)23-10-8-7-9-11-23/h7-17,19-20,30,38,45,47-48,50-51H,18H2,1-6H3/t20-,30?,38-,39+,40+,41+/m1/s1. The molecule has 10 nitrogen and oxygen atoms in total. The summed E-state index contributed by atoms with van der Waals surface area (Å²) in [7, 11) is 0. The van der Waals surface area contributed by atoms with Crippen LogP contribution in [-0.4, -0.2) is 66.2 Å². The van der Waals surface area contributed by atoms with E-state index >= 15 is 0 Å². The molecule has 264 valence electrons. The van der Waals surface area contributed by atoms with Crippen molar-refractivity contribution in [2.24, 2.45) is 22.7 Å². The van der Waals surface area contributed by atoms with Gasteiger partial charge in [-0.05, 0) is 24.3 Å². The predicted octanol–water partition coefficient (Wildman–Crippen LogP) is 5.38. The molecule has 0 aromatic heterocycles. The van der Waals surface area contributed by atoms with Gasteiger partial charge in [0.15, 0.2) is 28.7 Å². The number of aliphatic hydroxyl groups excluding tert-OH is 3. The Morgan fingerprint density at radius 3 is 1.98 bits per heavy atom. The summed E-state index contributed by atoms with van der Waals surface area (Å²) in [5.74, 6) is -8.66. The molecule has 1 saturated carbocycles. The number of ketones is 5. The molecule has 0 heterocycles. The normalized spacial score (nSPS) is 28.7. The zero-order valence-corrected chi connectivity index (χ0v) is 29.1. The zero-order valence-electron chi connectivity index (χ0n) is 29.1. The highest BCUT2D eigenvalue weighted by molar-refractivity contribution is 6.24. The molecule has 6 rings (SSSR count). The van der Waals surface area contributed by atoms with Gasteiger partial charge in [0, 0.05) is 45.4 Å². The number of phenols is 1. The maximum atomic E-state index is 14.7. The second-order valence-electron chi connectivity index (χ2n) is 14.7. The van der Waals surface area contributed by atoms with Gasteiger partial charge in [0.25, 0.3) is 0 Å². The number of carbonyl (C=O) groups is 5. The number of benzene rings is 3. The Bertz CT molecular complexity index is 2110. The predicted molar refractivity (Wildman–Crippen MR) is 186 cm³/mol. The molecule has 0 spiro atoms. The van der Waals surface area contributed by atoms with Gasteiger partial charge in [-0.3, -0.25) is 24.0 Å². The van der Waals surface area contributed by atoms with Crippen LogP contribution < -0.4 is 0 Å². The van der Waals surface area contributed by atoms with Crippen LogP contribution in [-0.2, 0) is 20.8 Å². The van der Waals surface area contributed by atoms with Crippen molar-refractivity contribution in [3.8, 4) is 5.75 Å². The van der Waals surface area contributed by atoms with Crippen LogP contribution in [0.3, 0.4) is 0 Å². The molecule has 0 radical (unpaired) electrons. The number of phenolic OH excluding ortho intramolecular Hbond substituents is 1. The zero-order chi connectivity index (χ0) is 37.5. The number of fused-ring (bicyclic) bond motifs is 3. The van der Waals surface area contributed by atoms with Crippen LogP contribution in [0, 0.1) is 22.7 Å². The van der Waals surface area contributed by atoms with E-state index in [2.05, 4.69) is 0 Å². The first-order chi connectivity index (χ1) is 23.9. The van der Waals surface area contributed by atoms with E-state index in [-0.39, 0.29) is 28.9 Å². The lowest BCUT2D eigenvalue weighted by molar-refractivity contribution is -0.215. The maximum absolute atomic E-state index is 14.7. The van der Waals surface area contributed by atoms with Gasteiger partial charge in [-0.25, -0.2) is 0 Å². The van der Waals surface area contributed by atoms with Crippen molar-refractivity contribution in [3.63, 3.8) is 0 Å². The third-order valence-electron chi connectivity index (χ3n) is 11.8. The average Bonchev–Trinajstić information content (AvgIpc) is 3.09. The Kier molecular flexibility index (Phi) is 8.35. The monoisotopic (exact) mass is 692 g/mol. The fourth-order valence-electron chi connectivity index (χ4n) is 8.95. The third-order valence-corrected chi connectivity index (χ3v) is 11.8. The van der Waals surface area contributed by atoms with Crippen molar-refractivity contribution in [3.05, 3.63) is 117 Å². The van der Waals surface area contributed by atoms with Crippen molar-refractivity contribution < 1.29 is 49.5 Å². The molecule has 1 fully saturated rings. The topological polar surface area (TPSA) is 186 Å². The number of Topliss-reactive ketones (excluding diaryl/α,β-unsaturated/α-hetero) is 4. The molecule has 3 aromatic carbocycles. The number of allylic oxidation sites excluding steroid dienone is 1. The Hall–Kier alpha value is -5.19. The lowest BCUT2D eigenvalue weighted by Crippen LogP contribution is -2.75. The Labute approximate surface area is 294 Å². The molecule has 10 heteroatoms. The van der Waals surface area contributed by atoms with Gasteiger partial charge in [0.05, 0.1) is 17.2 Å². The van der Waals surface area contributed by atoms with E-state index in [9.17, 15) is 49.5 Å². The van der Waals surface area contributed by atoms with E-state index in [4.69, 9.17) is 0 Å². The highest BCUT2D eigenvalue weighted by Crippen LogP contribution is 2.67. The number of aromatic hydroxyl groups is 1. The lowest BCUT2D eigenvalue weighted by atomic mass is 9.40. The van der Waals surface area contributed by atoms with Crippen molar-refractivity contribution >= 4 is 34.7 Å². The Balaban J connectivity index is 1.43. The third kappa shape index (κ3) is 4.66. The van der Waals surface area contributed by atoms with E-state index in [0.29, 0.717) is 16.7 Å². The van der Waals surface area contributed by atoms with Gasteiger partial charge >= 0.3 is 0 Å². The summed E-state index contributed by atoms with van der Waals surface area (Å²) in [6.07, 6.45) is -2.05. The van der Waals surface area contributed by atoms with Gasteiger partial charge in [0.2, 0.25) is 5.78 Å². The minimum absolute atomic E-state index is 0.114. The van der Waals surface area contributed by atoms with Crippen LogP contribution in [0.5, 0.6) is 5.75 Å². The summed E-state index contributed by atoms with van der Waals surface area (Å²) < 4.78 is 0. The van der Waals surface area contributed by atoms with Crippen LogP contribution in [0.15, 0.2) is 83.6 Å². The highest BCUT2D eigenvalue weighted by Gasteiger charge is 2.77. The molecule has 0 bridgehead atoms. The Morgan fingerprint density at radius 2 is 1.41 bits per heavy atom. The summed E-state index contributed by atoms with van der Waals surface area (Å²) >= 11 is 0. The summed E-state index contributed by atoms with van der Waals surface area (Å²) in [6.45, 7) is 8.84. The van der Waals surface area contributed by atoms with Gasteiger partial charge in [-0.2, -0.15) is 0 Å². The first-order valence-electron chi connectivity index (χ1n) is 16.8. The van der Waals surface area contributed by atoms with Gasteiger partial charge in [-0.1, -0.05) is 101 Å². The number of hydrogen-bond donors (Lipinski definition) is 5. The minimum Gasteiger partial charge on any atom is -0.508 e. The fraction of sp³-hybridized carbons (Fsp3) is 0.341. The molecule has 5 N–H and O–H groups in total. The van der Waals surface area contributed by atoms with Gasteiger partial charge in [0.1, 0.15) is 22.8 Å². The molecule has 1 unspecified atom stereocenters. The second kappa shape index (κ2) is 12.0. The van der Waals surface area contributed by atoms with E-state index in [1.807, 2.05) is 0 Å². The van der Waals surface area contributed by atoms with Crippen LogP contribution in [0.2, 0.25) is 0 Å². The fourth-order valence-corrected chi connectivity index (χ4v) is 8.95. The van der Waals surface area contributed by atoms with Crippen LogP contribution >= 0.6 is 0 Å². The molecule has 0 aliphatic heterocycles.